The Balaban J connectivity index is 0.000000203. The summed E-state index contributed by atoms with van der Waals surface area (Å²) >= 11 is 0. The van der Waals surface area contributed by atoms with Gasteiger partial charge in [0.25, 0.3) is 0 Å². The van der Waals surface area contributed by atoms with Gasteiger partial charge < -0.3 is 15.1 Å². The third-order valence-corrected chi connectivity index (χ3v) is 3.47. The van der Waals surface area contributed by atoms with E-state index < -0.39 is 0 Å². The van der Waals surface area contributed by atoms with Crippen LogP contribution in [0.15, 0.2) is 78.9 Å². The Kier molecular flexibility index (Phi) is 5.64. The highest BCUT2D eigenvalue weighted by atomic mass is 16.3. The minimum Gasteiger partial charge on any atom is -0.508 e. The van der Waals surface area contributed by atoms with Crippen LogP contribution in [0.5, 0.6) is 11.5 Å². The molecule has 3 nitrogen and oxygen atoms in total. The van der Waals surface area contributed by atoms with Gasteiger partial charge in [-0.25, -0.2) is 0 Å². The number of anilines is 2. The van der Waals surface area contributed by atoms with Crippen molar-refractivity contribution in [3.05, 3.63) is 84.4 Å². The summed E-state index contributed by atoms with van der Waals surface area (Å²) in [5, 5.41) is 17.3. The van der Waals surface area contributed by atoms with Gasteiger partial charge in [-0.1, -0.05) is 36.4 Å². The summed E-state index contributed by atoms with van der Waals surface area (Å²) in [6.45, 7) is 2.13. The first-order valence-electron chi connectivity index (χ1n) is 7.40. The Morgan fingerprint density at radius 3 is 1.65 bits per heavy atom. The summed E-state index contributed by atoms with van der Waals surface area (Å²) in [6.07, 6.45) is 0. The first-order valence-corrected chi connectivity index (χ1v) is 7.40. The van der Waals surface area contributed by atoms with Crippen LogP contribution in [-0.2, 0) is 0 Å². The molecule has 0 atom stereocenters. The molecule has 0 aliphatic carbocycles. The van der Waals surface area contributed by atoms with Crippen molar-refractivity contribution in [2.45, 2.75) is 6.92 Å². The van der Waals surface area contributed by atoms with Gasteiger partial charge in [-0.2, -0.15) is 0 Å². The van der Waals surface area contributed by atoms with Gasteiger partial charge in [-0.3, -0.25) is 0 Å². The summed E-state index contributed by atoms with van der Waals surface area (Å²) in [5.41, 5.74) is 3.76. The number of rotatable bonds is 2. The van der Waals surface area contributed by atoms with E-state index in [1.165, 1.54) is 41.2 Å². The molecule has 3 aromatic rings. The highest BCUT2D eigenvalue weighted by Crippen LogP contribution is 2.25. The van der Waals surface area contributed by atoms with Crippen molar-refractivity contribution in [2.24, 2.45) is 0 Å². The highest BCUT2D eigenvalue weighted by Gasteiger charge is 2.04. The van der Waals surface area contributed by atoms with Gasteiger partial charge in [-0.15, -0.1) is 0 Å². The lowest BCUT2D eigenvalue weighted by Gasteiger charge is -2.21. The van der Waals surface area contributed by atoms with E-state index in [9.17, 15) is 0 Å². The van der Waals surface area contributed by atoms with Crippen LogP contribution in [0.1, 0.15) is 5.56 Å². The van der Waals surface area contributed by atoms with Crippen LogP contribution in [0.3, 0.4) is 0 Å². The van der Waals surface area contributed by atoms with E-state index in [-0.39, 0.29) is 11.5 Å². The van der Waals surface area contributed by atoms with Crippen LogP contribution < -0.4 is 4.90 Å². The molecule has 0 amide bonds. The van der Waals surface area contributed by atoms with Gasteiger partial charge in [-0.05, 0) is 55.0 Å². The third kappa shape index (κ3) is 4.78. The van der Waals surface area contributed by atoms with E-state index in [1.807, 2.05) is 6.07 Å². The summed E-state index contributed by atoms with van der Waals surface area (Å²) in [4.78, 5) is 2.20. The number of aromatic hydroxyl groups is 2. The molecule has 0 fully saturated rings. The molecule has 0 saturated carbocycles. The number of hydrogen-bond acceptors (Lipinski definition) is 3. The molecule has 0 unspecified atom stereocenters. The topological polar surface area (TPSA) is 43.7 Å². The summed E-state index contributed by atoms with van der Waals surface area (Å²) in [6, 6.07) is 24.5. The molecule has 23 heavy (non-hydrogen) atoms. The van der Waals surface area contributed by atoms with Crippen molar-refractivity contribution >= 4 is 11.4 Å². The highest BCUT2D eigenvalue weighted by molar-refractivity contribution is 5.65. The Labute approximate surface area is 137 Å². The van der Waals surface area contributed by atoms with Crippen LogP contribution in [0.25, 0.3) is 0 Å². The van der Waals surface area contributed by atoms with E-state index in [1.54, 1.807) is 0 Å². The molecule has 0 radical (unpaired) electrons. The van der Waals surface area contributed by atoms with Gasteiger partial charge in [0.05, 0.1) is 0 Å². The first kappa shape index (κ1) is 16.4. The number of benzene rings is 3. The average Bonchev–Trinajstić information content (AvgIpc) is 2.59. The third-order valence-electron chi connectivity index (χ3n) is 3.47. The molecule has 0 aliphatic heterocycles. The van der Waals surface area contributed by atoms with Crippen LogP contribution >= 0.6 is 0 Å². The summed E-state index contributed by atoms with van der Waals surface area (Å²) in [5.74, 6) is 0.339. The number of phenolic OH excluding ortho intramolecular Hbond substituents is 2. The van der Waals surface area contributed by atoms with Crippen LogP contribution in [0.2, 0.25) is 0 Å². The van der Waals surface area contributed by atoms with E-state index in [4.69, 9.17) is 10.2 Å². The maximum Gasteiger partial charge on any atom is 0.115 e. The minimum absolute atomic E-state index is 0.169. The van der Waals surface area contributed by atoms with Gasteiger partial charge in [0, 0.05) is 18.4 Å². The van der Waals surface area contributed by atoms with Gasteiger partial charge in [0.1, 0.15) is 11.5 Å². The Morgan fingerprint density at radius 1 is 0.652 bits per heavy atom. The van der Waals surface area contributed by atoms with Crippen molar-refractivity contribution in [1.29, 1.82) is 0 Å². The number of nitrogens with zero attached hydrogens (tertiary/aromatic N) is 1. The van der Waals surface area contributed by atoms with Crippen LogP contribution in [-0.4, -0.2) is 17.3 Å². The van der Waals surface area contributed by atoms with Crippen molar-refractivity contribution < 1.29 is 10.2 Å². The van der Waals surface area contributed by atoms with Crippen LogP contribution in [0, 0.1) is 6.92 Å². The zero-order valence-electron chi connectivity index (χ0n) is 13.3. The van der Waals surface area contributed by atoms with Crippen molar-refractivity contribution in [3.63, 3.8) is 0 Å². The molecule has 118 valence electrons. The molecule has 0 heterocycles. The Bertz CT molecular complexity index is 703. The van der Waals surface area contributed by atoms with Crippen molar-refractivity contribution in [2.75, 3.05) is 11.9 Å². The Morgan fingerprint density at radius 2 is 1.13 bits per heavy atom. The second-order valence-electron chi connectivity index (χ2n) is 5.20. The standard InChI is InChI=1S/C14H15N.C6H6O2/c1-12-8-6-7-11-14(12)15(2)13-9-4-3-5-10-13;7-5-1-2-6(8)4-3-5/h3-11H,1-2H3;1-4,7-8H. The SMILES string of the molecule is Cc1ccccc1N(C)c1ccccc1.Oc1ccc(O)cc1. The fourth-order valence-electron chi connectivity index (χ4n) is 2.18. The second-order valence-corrected chi connectivity index (χ2v) is 5.20. The van der Waals surface area contributed by atoms with E-state index in [2.05, 4.69) is 67.4 Å². The molecule has 3 rings (SSSR count). The molecular formula is C20H21NO2. The fourth-order valence-corrected chi connectivity index (χ4v) is 2.18. The monoisotopic (exact) mass is 307 g/mol. The van der Waals surface area contributed by atoms with E-state index >= 15 is 0 Å². The van der Waals surface area contributed by atoms with Gasteiger partial charge in [0.15, 0.2) is 0 Å². The molecule has 0 spiro atoms. The lowest BCUT2D eigenvalue weighted by atomic mass is 10.1. The fraction of sp³-hybridized carbons (Fsp3) is 0.100. The molecule has 2 N–H and O–H groups in total. The van der Waals surface area contributed by atoms with E-state index in [0.29, 0.717) is 0 Å². The zero-order valence-corrected chi connectivity index (χ0v) is 13.3. The molecule has 3 aromatic carbocycles. The molecule has 0 aliphatic rings. The largest absolute Gasteiger partial charge is 0.508 e. The predicted molar refractivity (Wildman–Crippen MR) is 95.5 cm³/mol. The normalized spacial score (nSPS) is 9.65. The Hall–Kier alpha value is -2.94. The average molecular weight is 307 g/mol. The first-order chi connectivity index (χ1) is 11.1. The van der Waals surface area contributed by atoms with Gasteiger partial charge in [0.2, 0.25) is 0 Å². The van der Waals surface area contributed by atoms with Crippen LogP contribution in [0.4, 0.5) is 11.4 Å². The smallest absolute Gasteiger partial charge is 0.115 e. The predicted octanol–water partition coefficient (Wildman–Crippen LogP) is 4.86. The molecular weight excluding hydrogens is 286 g/mol. The minimum atomic E-state index is 0.169. The second kappa shape index (κ2) is 7.90. The lowest BCUT2D eigenvalue weighted by molar-refractivity contribution is 0.460. The zero-order chi connectivity index (χ0) is 16.7. The van der Waals surface area contributed by atoms with Crippen molar-refractivity contribution in [3.8, 4) is 11.5 Å². The number of hydrogen-bond donors (Lipinski definition) is 2. The number of para-hydroxylation sites is 2. The molecule has 0 bridgehead atoms. The molecule has 3 heteroatoms. The van der Waals surface area contributed by atoms with Crippen molar-refractivity contribution in [1.82, 2.24) is 0 Å². The molecule has 0 saturated heterocycles. The summed E-state index contributed by atoms with van der Waals surface area (Å²) < 4.78 is 0. The summed E-state index contributed by atoms with van der Waals surface area (Å²) in [7, 11) is 2.09. The van der Waals surface area contributed by atoms with E-state index in [0.717, 1.165) is 0 Å². The quantitative estimate of drug-likeness (QED) is 0.664. The maximum atomic E-state index is 8.65. The number of aryl methyl sites for hydroxylation is 1. The maximum absolute atomic E-state index is 8.65. The number of phenols is 2. The molecule has 0 aromatic heterocycles. The lowest BCUT2D eigenvalue weighted by Crippen LogP contribution is -2.10. The van der Waals surface area contributed by atoms with Gasteiger partial charge >= 0.3 is 0 Å².